The van der Waals surface area contributed by atoms with Crippen molar-refractivity contribution in [2.24, 2.45) is 5.92 Å². The van der Waals surface area contributed by atoms with Gasteiger partial charge in [-0.15, -0.1) is 0 Å². The molecule has 2 heterocycles. The largest absolute Gasteiger partial charge is 0.494 e. The molecule has 3 fully saturated rings. The summed E-state index contributed by atoms with van der Waals surface area (Å²) < 4.78 is 11.5. The molecule has 1 aromatic carbocycles. The predicted octanol–water partition coefficient (Wildman–Crippen LogP) is 4.55. The van der Waals surface area contributed by atoms with Crippen molar-refractivity contribution in [1.82, 2.24) is 9.80 Å². The van der Waals surface area contributed by atoms with Gasteiger partial charge in [0.1, 0.15) is 5.75 Å². The first kappa shape index (κ1) is 21.1. The smallest absolute Gasteiger partial charge is 0.119 e. The third-order valence-electron chi connectivity index (χ3n) is 7.24. The van der Waals surface area contributed by atoms with Gasteiger partial charge >= 0.3 is 0 Å². The second-order valence-electron chi connectivity index (χ2n) is 9.47. The van der Waals surface area contributed by atoms with Crippen LogP contribution in [0, 0.1) is 5.92 Å². The van der Waals surface area contributed by atoms with E-state index in [2.05, 4.69) is 41.0 Å². The number of benzene rings is 1. The SMILES string of the molecule is C[C@H]1CCCN(CCCOc2ccc([C@H]3CC[C@@H](N4CCOCC4)CC3)cc2)C1. The molecule has 2 aliphatic heterocycles. The Labute approximate surface area is 177 Å². The third kappa shape index (κ3) is 6.19. The van der Waals surface area contributed by atoms with Crippen LogP contribution in [-0.2, 0) is 4.74 Å². The number of ether oxygens (including phenoxy) is 2. The first-order chi connectivity index (χ1) is 14.3. The van der Waals surface area contributed by atoms with E-state index in [1.807, 2.05) is 0 Å². The standard InChI is InChI=1S/C25H40N2O2/c1-21-4-2-13-26(20-21)14-3-17-29-25-11-7-23(8-12-25)22-5-9-24(10-6-22)27-15-18-28-19-16-27/h7-8,11-12,21-22,24H,2-6,9-10,13-20H2,1H3/t21-,22-,24+/m0/s1. The van der Waals surface area contributed by atoms with Crippen LogP contribution in [0.1, 0.15) is 63.4 Å². The van der Waals surface area contributed by atoms with E-state index in [1.165, 1.54) is 63.7 Å². The van der Waals surface area contributed by atoms with Crippen LogP contribution in [0.2, 0.25) is 0 Å². The van der Waals surface area contributed by atoms with E-state index < -0.39 is 0 Å². The Kier molecular flexibility index (Phi) is 7.87. The number of nitrogens with zero attached hydrogens (tertiary/aromatic N) is 2. The van der Waals surface area contributed by atoms with Gasteiger partial charge in [0.25, 0.3) is 0 Å². The zero-order valence-electron chi connectivity index (χ0n) is 18.4. The van der Waals surface area contributed by atoms with E-state index in [0.717, 1.165) is 63.0 Å². The summed E-state index contributed by atoms with van der Waals surface area (Å²) in [5.41, 5.74) is 1.50. The highest BCUT2D eigenvalue weighted by atomic mass is 16.5. The fourth-order valence-electron chi connectivity index (χ4n) is 5.52. The van der Waals surface area contributed by atoms with Gasteiger partial charge < -0.3 is 14.4 Å². The minimum Gasteiger partial charge on any atom is -0.494 e. The molecule has 29 heavy (non-hydrogen) atoms. The van der Waals surface area contributed by atoms with Crippen LogP contribution in [-0.4, -0.2) is 68.4 Å². The molecule has 4 rings (SSSR count). The summed E-state index contributed by atoms with van der Waals surface area (Å²) in [6.07, 6.45) is 9.18. The number of rotatable bonds is 7. The average molecular weight is 401 g/mol. The Morgan fingerprint density at radius 1 is 0.966 bits per heavy atom. The van der Waals surface area contributed by atoms with E-state index in [0.29, 0.717) is 0 Å². The van der Waals surface area contributed by atoms with Crippen LogP contribution in [0.3, 0.4) is 0 Å². The van der Waals surface area contributed by atoms with Crippen molar-refractivity contribution < 1.29 is 9.47 Å². The molecule has 0 bridgehead atoms. The molecule has 1 saturated carbocycles. The van der Waals surface area contributed by atoms with Crippen molar-refractivity contribution in [1.29, 1.82) is 0 Å². The maximum absolute atomic E-state index is 6.02. The van der Waals surface area contributed by atoms with Crippen molar-refractivity contribution in [2.45, 2.75) is 63.8 Å². The Morgan fingerprint density at radius 2 is 1.72 bits per heavy atom. The lowest BCUT2D eigenvalue weighted by Crippen LogP contribution is -2.44. The van der Waals surface area contributed by atoms with Crippen molar-refractivity contribution in [3.63, 3.8) is 0 Å². The molecule has 4 nitrogen and oxygen atoms in total. The number of morpholine rings is 1. The molecular formula is C25H40N2O2. The van der Waals surface area contributed by atoms with Crippen LogP contribution in [0.4, 0.5) is 0 Å². The molecule has 0 aromatic heterocycles. The summed E-state index contributed by atoms with van der Waals surface area (Å²) in [5, 5.41) is 0. The fourth-order valence-corrected chi connectivity index (χ4v) is 5.52. The second-order valence-corrected chi connectivity index (χ2v) is 9.47. The highest BCUT2D eigenvalue weighted by Crippen LogP contribution is 2.35. The second kappa shape index (κ2) is 10.8. The van der Waals surface area contributed by atoms with E-state index in [-0.39, 0.29) is 0 Å². The van der Waals surface area contributed by atoms with Crippen molar-refractivity contribution >= 4 is 0 Å². The number of likely N-dealkylation sites (tertiary alicyclic amines) is 1. The highest BCUT2D eigenvalue weighted by molar-refractivity contribution is 5.29. The number of piperidine rings is 1. The summed E-state index contributed by atoms with van der Waals surface area (Å²) in [6.45, 7) is 11.0. The monoisotopic (exact) mass is 400 g/mol. The minimum absolute atomic E-state index is 0.724. The van der Waals surface area contributed by atoms with E-state index in [1.54, 1.807) is 0 Å². The average Bonchev–Trinajstić information content (AvgIpc) is 2.78. The zero-order valence-corrected chi connectivity index (χ0v) is 18.4. The van der Waals surface area contributed by atoms with Gasteiger partial charge in [-0.1, -0.05) is 19.1 Å². The molecule has 0 amide bonds. The van der Waals surface area contributed by atoms with Crippen LogP contribution in [0.25, 0.3) is 0 Å². The van der Waals surface area contributed by atoms with Crippen LogP contribution in [0.5, 0.6) is 5.75 Å². The maximum atomic E-state index is 6.02. The molecule has 2 saturated heterocycles. The van der Waals surface area contributed by atoms with Crippen LogP contribution < -0.4 is 4.74 Å². The molecule has 3 aliphatic rings. The molecule has 0 spiro atoms. The Morgan fingerprint density at radius 3 is 2.45 bits per heavy atom. The van der Waals surface area contributed by atoms with Crippen molar-refractivity contribution in [2.75, 3.05) is 52.5 Å². The molecule has 1 aliphatic carbocycles. The summed E-state index contributed by atoms with van der Waals surface area (Å²) in [5.74, 6) is 2.62. The van der Waals surface area contributed by atoms with Gasteiger partial charge in [-0.25, -0.2) is 0 Å². The molecule has 1 atom stereocenters. The molecule has 162 valence electrons. The van der Waals surface area contributed by atoms with Crippen molar-refractivity contribution in [3.05, 3.63) is 29.8 Å². The third-order valence-corrected chi connectivity index (χ3v) is 7.24. The predicted molar refractivity (Wildman–Crippen MR) is 119 cm³/mol. The lowest BCUT2D eigenvalue weighted by atomic mass is 9.81. The van der Waals surface area contributed by atoms with Gasteiger partial charge in [-0.3, -0.25) is 4.90 Å². The van der Waals surface area contributed by atoms with Gasteiger partial charge in [0.15, 0.2) is 0 Å². The summed E-state index contributed by atoms with van der Waals surface area (Å²) in [4.78, 5) is 5.26. The quantitative estimate of drug-likeness (QED) is 0.627. The molecular weight excluding hydrogens is 360 g/mol. The van der Waals surface area contributed by atoms with E-state index in [9.17, 15) is 0 Å². The lowest BCUT2D eigenvalue weighted by molar-refractivity contribution is 0.00729. The molecule has 1 aromatic rings. The first-order valence-corrected chi connectivity index (χ1v) is 12.0. The minimum atomic E-state index is 0.724. The maximum Gasteiger partial charge on any atom is 0.119 e. The lowest BCUT2D eigenvalue weighted by Gasteiger charge is -2.38. The molecule has 4 heteroatoms. The van der Waals surface area contributed by atoms with E-state index >= 15 is 0 Å². The van der Waals surface area contributed by atoms with Gasteiger partial charge in [0.2, 0.25) is 0 Å². The summed E-state index contributed by atoms with van der Waals surface area (Å²) in [6, 6.07) is 9.77. The summed E-state index contributed by atoms with van der Waals surface area (Å²) in [7, 11) is 0. The molecule has 0 unspecified atom stereocenters. The highest BCUT2D eigenvalue weighted by Gasteiger charge is 2.27. The van der Waals surface area contributed by atoms with Gasteiger partial charge in [0, 0.05) is 32.2 Å². The molecule has 0 radical (unpaired) electrons. The zero-order chi connectivity index (χ0) is 19.9. The first-order valence-electron chi connectivity index (χ1n) is 12.0. The number of hydrogen-bond acceptors (Lipinski definition) is 4. The van der Waals surface area contributed by atoms with Gasteiger partial charge in [-0.2, -0.15) is 0 Å². The topological polar surface area (TPSA) is 24.9 Å². The fraction of sp³-hybridized carbons (Fsp3) is 0.760. The van der Waals surface area contributed by atoms with Gasteiger partial charge in [-0.05, 0) is 81.0 Å². The summed E-state index contributed by atoms with van der Waals surface area (Å²) >= 11 is 0. The Hall–Kier alpha value is -1.10. The van der Waals surface area contributed by atoms with Crippen LogP contribution >= 0.6 is 0 Å². The van der Waals surface area contributed by atoms with Gasteiger partial charge in [0.05, 0.1) is 19.8 Å². The van der Waals surface area contributed by atoms with Crippen LogP contribution in [0.15, 0.2) is 24.3 Å². The normalized spacial score (nSPS) is 29.6. The molecule has 0 N–H and O–H groups in total. The Balaban J connectivity index is 1.15. The van der Waals surface area contributed by atoms with E-state index in [4.69, 9.17) is 9.47 Å². The van der Waals surface area contributed by atoms with Crippen molar-refractivity contribution in [3.8, 4) is 5.75 Å². The Bertz CT molecular complexity index is 591. The number of hydrogen-bond donors (Lipinski definition) is 0.